The fourth-order valence-corrected chi connectivity index (χ4v) is 3.77. The van der Waals surface area contributed by atoms with E-state index in [1.54, 1.807) is 0 Å². The van der Waals surface area contributed by atoms with E-state index >= 15 is 0 Å². The summed E-state index contributed by atoms with van der Waals surface area (Å²) < 4.78 is 5.57. The normalized spacial score (nSPS) is 33.0. The van der Waals surface area contributed by atoms with Gasteiger partial charge in [0.2, 0.25) is 0 Å². The minimum Gasteiger partial charge on any atom is -0.380 e. The largest absolute Gasteiger partial charge is 0.380 e. The van der Waals surface area contributed by atoms with Crippen molar-refractivity contribution in [1.82, 2.24) is 10.2 Å². The Balaban J connectivity index is 1.92. The van der Waals surface area contributed by atoms with E-state index in [0.717, 1.165) is 38.3 Å². The molecule has 1 heterocycles. The number of hydrogen-bond acceptors (Lipinski definition) is 3. The maximum absolute atomic E-state index is 5.57. The highest BCUT2D eigenvalue weighted by atomic mass is 16.5. The summed E-state index contributed by atoms with van der Waals surface area (Å²) in [5, 5.41) is 3.72. The van der Waals surface area contributed by atoms with Crippen LogP contribution in [0.4, 0.5) is 0 Å². The van der Waals surface area contributed by atoms with Gasteiger partial charge in [0.05, 0.1) is 6.61 Å². The molecule has 2 unspecified atom stereocenters. The number of rotatable bonds is 4. The summed E-state index contributed by atoms with van der Waals surface area (Å²) in [6.07, 6.45) is 5.27. The van der Waals surface area contributed by atoms with E-state index in [2.05, 4.69) is 31.0 Å². The average Bonchev–Trinajstić information content (AvgIpc) is 2.61. The Kier molecular flexibility index (Phi) is 5.67. The Morgan fingerprint density at radius 1 is 1.26 bits per heavy atom. The molecule has 0 spiro atoms. The molecule has 2 fully saturated rings. The van der Waals surface area contributed by atoms with Gasteiger partial charge in [-0.3, -0.25) is 0 Å². The number of nitrogens with one attached hydrogen (secondary N) is 1. The molecule has 0 bridgehead atoms. The first-order valence-corrected chi connectivity index (χ1v) is 8.14. The lowest BCUT2D eigenvalue weighted by atomic mass is 9.69. The quantitative estimate of drug-likeness (QED) is 0.848. The first-order valence-electron chi connectivity index (χ1n) is 8.14. The molecule has 0 aromatic carbocycles. The van der Waals surface area contributed by atoms with Crippen LogP contribution in [0.15, 0.2) is 0 Å². The van der Waals surface area contributed by atoms with Gasteiger partial charge in [-0.2, -0.15) is 0 Å². The summed E-state index contributed by atoms with van der Waals surface area (Å²) in [6, 6.07) is 0.724. The Hall–Kier alpha value is -0.120. The van der Waals surface area contributed by atoms with Crippen molar-refractivity contribution in [3.63, 3.8) is 0 Å². The van der Waals surface area contributed by atoms with Crippen molar-refractivity contribution in [2.45, 2.75) is 52.5 Å². The van der Waals surface area contributed by atoms with Crippen molar-refractivity contribution in [3.8, 4) is 0 Å². The Morgan fingerprint density at radius 2 is 2.11 bits per heavy atom. The first kappa shape index (κ1) is 15.3. The van der Waals surface area contributed by atoms with Crippen LogP contribution in [-0.4, -0.2) is 50.3 Å². The third-order valence-corrected chi connectivity index (χ3v) is 4.79. The molecule has 0 aromatic rings. The van der Waals surface area contributed by atoms with Gasteiger partial charge in [-0.25, -0.2) is 0 Å². The van der Waals surface area contributed by atoms with Gasteiger partial charge < -0.3 is 15.0 Å². The summed E-state index contributed by atoms with van der Waals surface area (Å²) in [5.74, 6) is 0.807. The standard InChI is InChI=1S/C16H32N2O/c1-4-17-15-6-7-16(2,3)12-14(15)13-18-8-5-10-19-11-9-18/h14-15,17H,4-13H2,1-3H3. The maximum Gasteiger partial charge on any atom is 0.0593 e. The lowest BCUT2D eigenvalue weighted by molar-refractivity contribution is 0.0951. The molecule has 0 radical (unpaired) electrons. The van der Waals surface area contributed by atoms with E-state index in [-0.39, 0.29) is 0 Å². The summed E-state index contributed by atoms with van der Waals surface area (Å²) in [7, 11) is 0. The van der Waals surface area contributed by atoms with Crippen molar-refractivity contribution in [3.05, 3.63) is 0 Å². The highest BCUT2D eigenvalue weighted by Crippen LogP contribution is 2.39. The van der Waals surface area contributed by atoms with Crippen molar-refractivity contribution in [2.24, 2.45) is 11.3 Å². The lowest BCUT2D eigenvalue weighted by Crippen LogP contribution is -2.47. The van der Waals surface area contributed by atoms with Crippen LogP contribution >= 0.6 is 0 Å². The van der Waals surface area contributed by atoms with Gasteiger partial charge in [0.15, 0.2) is 0 Å². The SMILES string of the molecule is CCNC1CCC(C)(C)CC1CN1CCCOCC1. The highest BCUT2D eigenvalue weighted by Gasteiger charge is 2.35. The van der Waals surface area contributed by atoms with Crippen LogP contribution in [0.25, 0.3) is 0 Å². The van der Waals surface area contributed by atoms with E-state index < -0.39 is 0 Å². The van der Waals surface area contributed by atoms with E-state index in [0.29, 0.717) is 5.41 Å². The summed E-state index contributed by atoms with van der Waals surface area (Å²) in [4.78, 5) is 2.63. The van der Waals surface area contributed by atoms with E-state index in [1.807, 2.05) is 0 Å². The van der Waals surface area contributed by atoms with Crippen molar-refractivity contribution < 1.29 is 4.74 Å². The molecule has 1 saturated carbocycles. The number of ether oxygens (including phenoxy) is 1. The van der Waals surface area contributed by atoms with Gasteiger partial charge in [-0.15, -0.1) is 0 Å². The fourth-order valence-electron chi connectivity index (χ4n) is 3.77. The van der Waals surface area contributed by atoms with E-state index in [4.69, 9.17) is 4.74 Å². The minimum atomic E-state index is 0.527. The second kappa shape index (κ2) is 7.05. The average molecular weight is 268 g/mol. The van der Waals surface area contributed by atoms with Crippen molar-refractivity contribution in [1.29, 1.82) is 0 Å². The molecule has 1 aliphatic heterocycles. The number of nitrogens with zero attached hydrogens (tertiary/aromatic N) is 1. The highest BCUT2D eigenvalue weighted by molar-refractivity contribution is 4.90. The third-order valence-electron chi connectivity index (χ3n) is 4.79. The molecular weight excluding hydrogens is 236 g/mol. The third kappa shape index (κ3) is 4.73. The summed E-state index contributed by atoms with van der Waals surface area (Å²) in [5.41, 5.74) is 0.527. The molecule has 0 aromatic heterocycles. The van der Waals surface area contributed by atoms with Crippen LogP contribution in [0, 0.1) is 11.3 Å². The predicted molar refractivity (Wildman–Crippen MR) is 80.5 cm³/mol. The molecule has 1 aliphatic carbocycles. The molecule has 3 heteroatoms. The fraction of sp³-hybridized carbons (Fsp3) is 1.00. The predicted octanol–water partition coefficient (Wildman–Crippen LogP) is 2.51. The summed E-state index contributed by atoms with van der Waals surface area (Å²) in [6.45, 7) is 13.7. The van der Waals surface area contributed by atoms with Gasteiger partial charge in [0.1, 0.15) is 0 Å². The van der Waals surface area contributed by atoms with Gasteiger partial charge in [0, 0.05) is 32.3 Å². The van der Waals surface area contributed by atoms with Gasteiger partial charge in [0.25, 0.3) is 0 Å². The van der Waals surface area contributed by atoms with Crippen LogP contribution in [0.1, 0.15) is 46.5 Å². The zero-order valence-corrected chi connectivity index (χ0v) is 13.1. The maximum atomic E-state index is 5.57. The smallest absolute Gasteiger partial charge is 0.0593 e. The van der Waals surface area contributed by atoms with Gasteiger partial charge in [-0.1, -0.05) is 20.8 Å². The van der Waals surface area contributed by atoms with Crippen LogP contribution in [0.2, 0.25) is 0 Å². The topological polar surface area (TPSA) is 24.5 Å². The zero-order chi connectivity index (χ0) is 13.7. The Labute approximate surface area is 119 Å². The second-order valence-corrected chi connectivity index (χ2v) is 7.10. The molecule has 2 atom stereocenters. The van der Waals surface area contributed by atoms with Crippen molar-refractivity contribution in [2.75, 3.05) is 39.4 Å². The first-order chi connectivity index (χ1) is 9.11. The summed E-state index contributed by atoms with van der Waals surface area (Å²) >= 11 is 0. The van der Waals surface area contributed by atoms with Crippen molar-refractivity contribution >= 4 is 0 Å². The molecule has 19 heavy (non-hydrogen) atoms. The van der Waals surface area contributed by atoms with E-state index in [1.165, 1.54) is 38.8 Å². The minimum absolute atomic E-state index is 0.527. The van der Waals surface area contributed by atoms with Crippen LogP contribution in [-0.2, 0) is 4.74 Å². The van der Waals surface area contributed by atoms with Crippen LogP contribution in [0.5, 0.6) is 0 Å². The molecule has 1 N–H and O–H groups in total. The lowest BCUT2D eigenvalue weighted by Gasteiger charge is -2.43. The van der Waals surface area contributed by atoms with Crippen LogP contribution < -0.4 is 5.32 Å². The van der Waals surface area contributed by atoms with Gasteiger partial charge >= 0.3 is 0 Å². The number of hydrogen-bond donors (Lipinski definition) is 1. The van der Waals surface area contributed by atoms with Crippen LogP contribution in [0.3, 0.4) is 0 Å². The molecule has 2 rings (SSSR count). The molecule has 112 valence electrons. The second-order valence-electron chi connectivity index (χ2n) is 7.10. The molecule has 3 nitrogen and oxygen atoms in total. The Morgan fingerprint density at radius 3 is 2.89 bits per heavy atom. The molecule has 0 amide bonds. The zero-order valence-electron chi connectivity index (χ0n) is 13.1. The van der Waals surface area contributed by atoms with Gasteiger partial charge in [-0.05, 0) is 43.6 Å². The molecule has 1 saturated heterocycles. The Bertz CT molecular complexity index is 259. The molecular formula is C16H32N2O. The van der Waals surface area contributed by atoms with E-state index in [9.17, 15) is 0 Å². The monoisotopic (exact) mass is 268 g/mol. The molecule has 2 aliphatic rings.